The Morgan fingerprint density at radius 1 is 1.45 bits per heavy atom. The summed E-state index contributed by atoms with van der Waals surface area (Å²) in [6, 6.07) is 3.89. The van der Waals surface area contributed by atoms with Gasteiger partial charge in [-0.2, -0.15) is 0 Å². The summed E-state index contributed by atoms with van der Waals surface area (Å²) in [5.74, 6) is -0.0401. The standard InChI is InChI=1S/C15H25N3O2/c1-4-18(5-2)15(20)14-11-13(8-9-16-14)17-12(3)7-6-10-19/h8-9,11-12,19H,4-7,10H2,1-3H3,(H,16,17). The van der Waals surface area contributed by atoms with Crippen LogP contribution < -0.4 is 5.32 Å². The van der Waals surface area contributed by atoms with E-state index in [4.69, 9.17) is 5.11 Å². The number of anilines is 1. The lowest BCUT2D eigenvalue weighted by molar-refractivity contribution is 0.0767. The van der Waals surface area contributed by atoms with E-state index in [2.05, 4.69) is 17.2 Å². The van der Waals surface area contributed by atoms with Crippen molar-refractivity contribution in [2.75, 3.05) is 25.0 Å². The van der Waals surface area contributed by atoms with Gasteiger partial charge in [-0.15, -0.1) is 0 Å². The summed E-state index contributed by atoms with van der Waals surface area (Å²) in [6.45, 7) is 7.54. The number of nitrogens with one attached hydrogen (secondary N) is 1. The molecule has 0 aliphatic carbocycles. The van der Waals surface area contributed by atoms with Gasteiger partial charge in [-0.3, -0.25) is 9.78 Å². The minimum absolute atomic E-state index is 0.0401. The summed E-state index contributed by atoms with van der Waals surface area (Å²) in [4.78, 5) is 18.1. The van der Waals surface area contributed by atoms with Gasteiger partial charge in [-0.25, -0.2) is 0 Å². The Hall–Kier alpha value is -1.62. The summed E-state index contributed by atoms with van der Waals surface area (Å²) < 4.78 is 0. The van der Waals surface area contributed by atoms with Crippen molar-refractivity contribution < 1.29 is 9.90 Å². The Kier molecular flexibility index (Phi) is 7.01. The fourth-order valence-electron chi connectivity index (χ4n) is 2.06. The Bertz CT molecular complexity index is 419. The normalized spacial score (nSPS) is 12.0. The number of carbonyl (C=O) groups is 1. The predicted octanol–water partition coefficient (Wildman–Crippen LogP) is 2.14. The maximum absolute atomic E-state index is 12.2. The van der Waals surface area contributed by atoms with E-state index in [-0.39, 0.29) is 18.6 Å². The quantitative estimate of drug-likeness (QED) is 0.765. The molecule has 0 radical (unpaired) electrons. The molecule has 2 N–H and O–H groups in total. The van der Waals surface area contributed by atoms with Crippen LogP contribution >= 0.6 is 0 Å². The molecule has 5 nitrogen and oxygen atoms in total. The summed E-state index contributed by atoms with van der Waals surface area (Å²) in [5, 5.41) is 12.2. The molecule has 1 aromatic rings. The smallest absolute Gasteiger partial charge is 0.272 e. The van der Waals surface area contributed by atoms with Gasteiger partial charge in [-0.1, -0.05) is 0 Å². The van der Waals surface area contributed by atoms with E-state index in [1.54, 1.807) is 17.2 Å². The molecule has 1 heterocycles. The molecule has 0 fully saturated rings. The molecular weight excluding hydrogens is 254 g/mol. The van der Waals surface area contributed by atoms with Gasteiger partial charge in [0.1, 0.15) is 5.69 Å². The van der Waals surface area contributed by atoms with Gasteiger partial charge in [0.25, 0.3) is 5.91 Å². The van der Waals surface area contributed by atoms with Gasteiger partial charge in [-0.05, 0) is 45.7 Å². The number of amides is 1. The molecule has 0 bridgehead atoms. The van der Waals surface area contributed by atoms with E-state index in [9.17, 15) is 4.79 Å². The molecule has 0 saturated carbocycles. The first kappa shape index (κ1) is 16.4. The zero-order valence-electron chi connectivity index (χ0n) is 12.6. The second-order valence-electron chi connectivity index (χ2n) is 4.82. The lowest BCUT2D eigenvalue weighted by Crippen LogP contribution is -2.31. The number of hydrogen-bond acceptors (Lipinski definition) is 4. The van der Waals surface area contributed by atoms with E-state index in [1.807, 2.05) is 19.9 Å². The van der Waals surface area contributed by atoms with Crippen molar-refractivity contribution in [3.05, 3.63) is 24.0 Å². The van der Waals surface area contributed by atoms with Gasteiger partial charge in [0.15, 0.2) is 0 Å². The van der Waals surface area contributed by atoms with Gasteiger partial charge < -0.3 is 15.3 Å². The van der Waals surface area contributed by atoms with Gasteiger partial charge in [0.05, 0.1) is 0 Å². The highest BCUT2D eigenvalue weighted by molar-refractivity contribution is 5.93. The highest BCUT2D eigenvalue weighted by Gasteiger charge is 2.14. The molecule has 1 aromatic heterocycles. The fraction of sp³-hybridized carbons (Fsp3) is 0.600. The van der Waals surface area contributed by atoms with Crippen molar-refractivity contribution in [3.63, 3.8) is 0 Å². The molecule has 1 unspecified atom stereocenters. The largest absolute Gasteiger partial charge is 0.396 e. The van der Waals surface area contributed by atoms with Crippen LogP contribution in [-0.2, 0) is 0 Å². The Morgan fingerprint density at radius 2 is 2.15 bits per heavy atom. The van der Waals surface area contributed by atoms with Crippen LogP contribution in [0.1, 0.15) is 44.1 Å². The van der Waals surface area contributed by atoms with Gasteiger partial charge in [0, 0.05) is 37.6 Å². The lowest BCUT2D eigenvalue weighted by atomic mass is 10.2. The van der Waals surface area contributed by atoms with Crippen LogP contribution in [-0.4, -0.2) is 46.6 Å². The van der Waals surface area contributed by atoms with Crippen molar-refractivity contribution in [3.8, 4) is 0 Å². The number of aliphatic hydroxyl groups excluding tert-OH is 1. The number of nitrogens with zero attached hydrogens (tertiary/aromatic N) is 2. The zero-order valence-corrected chi connectivity index (χ0v) is 12.6. The number of rotatable bonds is 8. The van der Waals surface area contributed by atoms with Crippen molar-refractivity contribution in [2.45, 2.75) is 39.7 Å². The van der Waals surface area contributed by atoms with Gasteiger partial charge in [0.2, 0.25) is 0 Å². The van der Waals surface area contributed by atoms with Crippen LogP contribution in [0.3, 0.4) is 0 Å². The van der Waals surface area contributed by atoms with E-state index in [0.29, 0.717) is 18.8 Å². The first-order chi connectivity index (χ1) is 9.62. The monoisotopic (exact) mass is 279 g/mol. The van der Waals surface area contributed by atoms with Crippen molar-refractivity contribution in [2.24, 2.45) is 0 Å². The van der Waals surface area contributed by atoms with Crippen LogP contribution in [0.4, 0.5) is 5.69 Å². The second kappa shape index (κ2) is 8.53. The lowest BCUT2D eigenvalue weighted by Gasteiger charge is -2.19. The van der Waals surface area contributed by atoms with Crippen molar-refractivity contribution >= 4 is 11.6 Å². The van der Waals surface area contributed by atoms with Crippen molar-refractivity contribution in [1.29, 1.82) is 0 Å². The minimum Gasteiger partial charge on any atom is -0.396 e. The van der Waals surface area contributed by atoms with E-state index in [0.717, 1.165) is 18.5 Å². The molecule has 20 heavy (non-hydrogen) atoms. The third kappa shape index (κ3) is 4.81. The predicted molar refractivity (Wildman–Crippen MR) is 80.9 cm³/mol. The Balaban J connectivity index is 2.72. The molecule has 0 aliphatic heterocycles. The number of aromatic nitrogens is 1. The van der Waals surface area contributed by atoms with Crippen LogP contribution in [0, 0.1) is 0 Å². The van der Waals surface area contributed by atoms with E-state index >= 15 is 0 Å². The molecule has 1 amide bonds. The van der Waals surface area contributed by atoms with Crippen LogP contribution in [0.5, 0.6) is 0 Å². The van der Waals surface area contributed by atoms with Crippen molar-refractivity contribution in [1.82, 2.24) is 9.88 Å². The summed E-state index contributed by atoms with van der Waals surface area (Å²) in [6.07, 6.45) is 3.31. The molecule has 0 spiro atoms. The number of aliphatic hydroxyl groups is 1. The average Bonchev–Trinajstić information content (AvgIpc) is 2.46. The molecule has 0 aromatic carbocycles. The third-order valence-corrected chi connectivity index (χ3v) is 3.24. The first-order valence-electron chi connectivity index (χ1n) is 7.25. The maximum atomic E-state index is 12.2. The number of carbonyl (C=O) groups excluding carboxylic acids is 1. The Morgan fingerprint density at radius 3 is 2.75 bits per heavy atom. The fourth-order valence-corrected chi connectivity index (χ4v) is 2.06. The third-order valence-electron chi connectivity index (χ3n) is 3.24. The number of pyridine rings is 1. The highest BCUT2D eigenvalue weighted by atomic mass is 16.2. The van der Waals surface area contributed by atoms with Crippen LogP contribution in [0.25, 0.3) is 0 Å². The topological polar surface area (TPSA) is 65.5 Å². The second-order valence-corrected chi connectivity index (χ2v) is 4.82. The van der Waals surface area contributed by atoms with Crippen LogP contribution in [0.2, 0.25) is 0 Å². The molecule has 1 atom stereocenters. The number of hydrogen-bond donors (Lipinski definition) is 2. The molecule has 0 saturated heterocycles. The maximum Gasteiger partial charge on any atom is 0.272 e. The molecule has 1 rings (SSSR count). The van der Waals surface area contributed by atoms with E-state index in [1.165, 1.54) is 0 Å². The molecular formula is C15H25N3O2. The summed E-state index contributed by atoms with van der Waals surface area (Å²) in [5.41, 5.74) is 1.36. The van der Waals surface area contributed by atoms with Crippen LogP contribution in [0.15, 0.2) is 18.3 Å². The zero-order chi connectivity index (χ0) is 15.0. The molecule has 0 aliphatic rings. The summed E-state index contributed by atoms with van der Waals surface area (Å²) >= 11 is 0. The minimum atomic E-state index is -0.0401. The molecule has 5 heteroatoms. The molecule has 112 valence electrons. The average molecular weight is 279 g/mol. The first-order valence-corrected chi connectivity index (χ1v) is 7.25. The summed E-state index contributed by atoms with van der Waals surface area (Å²) in [7, 11) is 0. The SMILES string of the molecule is CCN(CC)C(=O)c1cc(NC(C)CCCO)ccn1. The van der Waals surface area contributed by atoms with Gasteiger partial charge >= 0.3 is 0 Å². The van der Waals surface area contributed by atoms with E-state index < -0.39 is 0 Å². The Labute approximate surface area is 121 Å². The highest BCUT2D eigenvalue weighted by Crippen LogP contribution is 2.13.